The van der Waals surface area contributed by atoms with Crippen molar-refractivity contribution in [3.05, 3.63) is 29.8 Å². The molecule has 0 bridgehead atoms. The fraction of sp³-hybridized carbons (Fsp3) is 0.500. The molecule has 0 radical (unpaired) electrons. The first kappa shape index (κ1) is 14.7. The zero-order chi connectivity index (χ0) is 13.4. The van der Waals surface area contributed by atoms with Gasteiger partial charge in [-0.05, 0) is 31.5 Å². The molecule has 1 atom stereocenters. The average molecular weight is 250 g/mol. The van der Waals surface area contributed by atoms with E-state index < -0.39 is 0 Å². The van der Waals surface area contributed by atoms with E-state index in [0.717, 1.165) is 25.4 Å². The van der Waals surface area contributed by atoms with Crippen molar-refractivity contribution in [2.75, 3.05) is 18.5 Å². The molecule has 0 heterocycles. The molecule has 4 heteroatoms. The van der Waals surface area contributed by atoms with E-state index in [2.05, 4.69) is 17.6 Å². The predicted octanol–water partition coefficient (Wildman–Crippen LogP) is 2.16. The Hall–Kier alpha value is -1.39. The summed E-state index contributed by atoms with van der Waals surface area (Å²) in [5.74, 6) is -0.0496. The van der Waals surface area contributed by atoms with Gasteiger partial charge in [0.15, 0.2) is 0 Å². The molecular weight excluding hydrogens is 228 g/mol. The second-order valence-electron chi connectivity index (χ2n) is 4.27. The molecule has 0 aliphatic carbocycles. The number of rotatable bonds is 7. The van der Waals surface area contributed by atoms with Crippen LogP contribution in [0.1, 0.15) is 26.3 Å². The number of hydrogen-bond donors (Lipinski definition) is 2. The van der Waals surface area contributed by atoms with E-state index in [1.165, 1.54) is 12.5 Å². The summed E-state index contributed by atoms with van der Waals surface area (Å²) in [5, 5.41) is 6.08. The van der Waals surface area contributed by atoms with E-state index in [9.17, 15) is 4.79 Å². The molecule has 1 rings (SSSR count). The van der Waals surface area contributed by atoms with Crippen LogP contribution in [0.3, 0.4) is 0 Å². The van der Waals surface area contributed by atoms with E-state index >= 15 is 0 Å². The summed E-state index contributed by atoms with van der Waals surface area (Å²) >= 11 is 0. The van der Waals surface area contributed by atoms with E-state index in [0.29, 0.717) is 0 Å². The van der Waals surface area contributed by atoms with Crippen LogP contribution in [0, 0.1) is 0 Å². The highest BCUT2D eigenvalue weighted by Gasteiger charge is 2.00. The summed E-state index contributed by atoms with van der Waals surface area (Å²) in [4.78, 5) is 10.9. The first-order chi connectivity index (χ1) is 8.61. The van der Waals surface area contributed by atoms with E-state index in [1.807, 2.05) is 31.2 Å². The lowest BCUT2D eigenvalue weighted by molar-refractivity contribution is -0.114. The summed E-state index contributed by atoms with van der Waals surface area (Å²) in [7, 11) is 0. The standard InChI is InChI=1S/C14H22N2O2/c1-4-18-11(2)9-15-10-13-5-7-14(8-6-13)16-12(3)17/h5-8,11,15H,4,9-10H2,1-3H3,(H,16,17). The van der Waals surface area contributed by atoms with Crippen molar-refractivity contribution < 1.29 is 9.53 Å². The van der Waals surface area contributed by atoms with Crippen molar-refractivity contribution in [1.29, 1.82) is 0 Å². The molecule has 1 aromatic carbocycles. The van der Waals surface area contributed by atoms with Gasteiger partial charge in [0.1, 0.15) is 0 Å². The van der Waals surface area contributed by atoms with Crippen LogP contribution in [-0.4, -0.2) is 25.2 Å². The zero-order valence-electron chi connectivity index (χ0n) is 11.3. The zero-order valence-corrected chi connectivity index (χ0v) is 11.3. The van der Waals surface area contributed by atoms with Crippen molar-refractivity contribution in [2.24, 2.45) is 0 Å². The Labute approximate surface area is 109 Å². The molecule has 0 aromatic heterocycles. The Kier molecular flexibility index (Phi) is 6.39. The molecule has 4 nitrogen and oxygen atoms in total. The lowest BCUT2D eigenvalue weighted by Crippen LogP contribution is -2.26. The van der Waals surface area contributed by atoms with Gasteiger partial charge in [0.05, 0.1) is 6.10 Å². The van der Waals surface area contributed by atoms with Crippen molar-refractivity contribution in [1.82, 2.24) is 5.32 Å². The summed E-state index contributed by atoms with van der Waals surface area (Å²) in [6.07, 6.45) is 0.230. The smallest absolute Gasteiger partial charge is 0.221 e. The van der Waals surface area contributed by atoms with Crippen molar-refractivity contribution in [3.8, 4) is 0 Å². The van der Waals surface area contributed by atoms with Crippen LogP contribution >= 0.6 is 0 Å². The number of nitrogens with one attached hydrogen (secondary N) is 2. The van der Waals surface area contributed by atoms with Crippen LogP contribution in [0.5, 0.6) is 0 Å². The second-order valence-corrected chi connectivity index (χ2v) is 4.27. The molecule has 1 amide bonds. The van der Waals surface area contributed by atoms with Crippen molar-refractivity contribution in [3.63, 3.8) is 0 Å². The van der Waals surface area contributed by atoms with Gasteiger partial charge in [0.2, 0.25) is 5.91 Å². The van der Waals surface area contributed by atoms with Gasteiger partial charge in [-0.3, -0.25) is 4.79 Å². The highest BCUT2D eigenvalue weighted by molar-refractivity contribution is 5.88. The third-order valence-electron chi connectivity index (χ3n) is 2.49. The number of ether oxygens (including phenoxy) is 1. The average Bonchev–Trinajstić information content (AvgIpc) is 2.31. The summed E-state index contributed by atoms with van der Waals surface area (Å²) in [6, 6.07) is 7.82. The Morgan fingerprint density at radius 3 is 2.56 bits per heavy atom. The number of hydrogen-bond acceptors (Lipinski definition) is 3. The summed E-state index contributed by atoms with van der Waals surface area (Å²) in [6.45, 7) is 7.94. The molecule has 100 valence electrons. The highest BCUT2D eigenvalue weighted by atomic mass is 16.5. The molecule has 1 aromatic rings. The third kappa shape index (κ3) is 5.80. The van der Waals surface area contributed by atoms with Gasteiger partial charge in [-0.25, -0.2) is 0 Å². The van der Waals surface area contributed by atoms with Gasteiger partial charge in [0.25, 0.3) is 0 Å². The van der Waals surface area contributed by atoms with Crippen LogP contribution in [0.2, 0.25) is 0 Å². The maximum atomic E-state index is 10.9. The van der Waals surface area contributed by atoms with Gasteiger partial charge < -0.3 is 15.4 Å². The Morgan fingerprint density at radius 1 is 1.33 bits per heavy atom. The third-order valence-corrected chi connectivity index (χ3v) is 2.49. The molecule has 18 heavy (non-hydrogen) atoms. The first-order valence-electron chi connectivity index (χ1n) is 6.30. The second kappa shape index (κ2) is 7.84. The van der Waals surface area contributed by atoms with Crippen molar-refractivity contribution >= 4 is 11.6 Å². The molecular formula is C14H22N2O2. The fourth-order valence-electron chi connectivity index (χ4n) is 1.67. The molecule has 0 saturated carbocycles. The fourth-order valence-corrected chi connectivity index (χ4v) is 1.67. The molecule has 1 unspecified atom stereocenters. The van der Waals surface area contributed by atoms with E-state index in [4.69, 9.17) is 4.74 Å². The molecule has 0 aliphatic rings. The number of amides is 1. The minimum Gasteiger partial charge on any atom is -0.377 e. The number of benzene rings is 1. The lowest BCUT2D eigenvalue weighted by atomic mass is 10.2. The van der Waals surface area contributed by atoms with E-state index in [-0.39, 0.29) is 12.0 Å². The molecule has 2 N–H and O–H groups in total. The minimum atomic E-state index is -0.0496. The Morgan fingerprint density at radius 2 is 2.00 bits per heavy atom. The summed E-state index contributed by atoms with van der Waals surface area (Å²) < 4.78 is 5.43. The van der Waals surface area contributed by atoms with Gasteiger partial charge in [-0.15, -0.1) is 0 Å². The first-order valence-corrected chi connectivity index (χ1v) is 6.30. The Balaban J connectivity index is 2.32. The monoisotopic (exact) mass is 250 g/mol. The SMILES string of the molecule is CCOC(C)CNCc1ccc(NC(C)=O)cc1. The molecule has 0 aliphatic heterocycles. The van der Waals surface area contributed by atoms with Gasteiger partial charge >= 0.3 is 0 Å². The molecule has 0 fully saturated rings. The van der Waals surface area contributed by atoms with Crippen molar-refractivity contribution in [2.45, 2.75) is 33.4 Å². The minimum absolute atomic E-state index is 0.0496. The van der Waals surface area contributed by atoms with Gasteiger partial charge in [-0.2, -0.15) is 0 Å². The number of carbonyl (C=O) groups excluding carboxylic acids is 1. The van der Waals surface area contributed by atoms with Gasteiger partial charge in [-0.1, -0.05) is 12.1 Å². The van der Waals surface area contributed by atoms with Crippen LogP contribution in [0.4, 0.5) is 5.69 Å². The van der Waals surface area contributed by atoms with Crippen LogP contribution < -0.4 is 10.6 Å². The maximum Gasteiger partial charge on any atom is 0.221 e. The molecule has 0 spiro atoms. The molecule has 0 saturated heterocycles. The Bertz CT molecular complexity index is 363. The van der Waals surface area contributed by atoms with Crippen LogP contribution in [-0.2, 0) is 16.1 Å². The summed E-state index contributed by atoms with van der Waals surface area (Å²) in [5.41, 5.74) is 2.02. The number of anilines is 1. The number of carbonyl (C=O) groups is 1. The van der Waals surface area contributed by atoms with Gasteiger partial charge in [0, 0.05) is 32.3 Å². The topological polar surface area (TPSA) is 50.4 Å². The maximum absolute atomic E-state index is 10.9. The highest BCUT2D eigenvalue weighted by Crippen LogP contribution is 2.09. The van der Waals surface area contributed by atoms with Crippen LogP contribution in [0.15, 0.2) is 24.3 Å². The van der Waals surface area contributed by atoms with Crippen LogP contribution in [0.25, 0.3) is 0 Å². The lowest BCUT2D eigenvalue weighted by Gasteiger charge is -2.12. The quantitative estimate of drug-likeness (QED) is 0.779. The van der Waals surface area contributed by atoms with E-state index in [1.54, 1.807) is 0 Å². The largest absolute Gasteiger partial charge is 0.377 e. The predicted molar refractivity (Wildman–Crippen MR) is 73.5 cm³/mol. The normalized spacial score (nSPS) is 12.2.